The van der Waals surface area contributed by atoms with Gasteiger partial charge in [0.2, 0.25) is 0 Å². The summed E-state index contributed by atoms with van der Waals surface area (Å²) in [6, 6.07) is 68.5. The lowest BCUT2D eigenvalue weighted by atomic mass is 9.84. The third kappa shape index (κ3) is 5.05. The molecule has 0 N–H and O–H groups in total. The number of nitrogens with zero attached hydrogens (tertiary/aromatic N) is 2. The van der Waals surface area contributed by atoms with E-state index in [1.807, 2.05) is 36.4 Å². The van der Waals surface area contributed by atoms with Crippen LogP contribution in [0, 0.1) is 0 Å². The minimum atomic E-state index is 0.860. The number of rotatable bonds is 5. The molecule has 9 aromatic carbocycles. The molecule has 2 heterocycles. The lowest BCUT2D eigenvalue weighted by Crippen LogP contribution is -1.98. The number of aromatic nitrogens is 2. The molecule has 0 saturated carbocycles. The van der Waals surface area contributed by atoms with Crippen molar-refractivity contribution in [1.29, 1.82) is 0 Å². The van der Waals surface area contributed by atoms with Gasteiger partial charge in [0.1, 0.15) is 11.2 Å². The molecule has 11 aromatic rings. The summed E-state index contributed by atoms with van der Waals surface area (Å²) >= 11 is 0. The van der Waals surface area contributed by atoms with E-state index < -0.39 is 0 Å². The summed E-state index contributed by atoms with van der Waals surface area (Å²) in [4.78, 5) is 10.5. The number of fused-ring (bicyclic) bond motifs is 6. The van der Waals surface area contributed by atoms with Crippen LogP contribution in [0.3, 0.4) is 0 Å². The topological polar surface area (TPSA) is 38.9 Å². The zero-order valence-corrected chi connectivity index (χ0v) is 29.8. The van der Waals surface area contributed by atoms with Crippen molar-refractivity contribution < 1.29 is 4.42 Å². The van der Waals surface area contributed by atoms with Crippen LogP contribution in [0.15, 0.2) is 199 Å². The van der Waals surface area contributed by atoms with Gasteiger partial charge in [-0.25, -0.2) is 9.97 Å². The number of furan rings is 1. The predicted octanol–water partition coefficient (Wildman–Crippen LogP) is 14.2. The maximum Gasteiger partial charge on any atom is 0.143 e. The first kappa shape index (κ1) is 31.2. The van der Waals surface area contributed by atoms with Gasteiger partial charge in [-0.3, -0.25) is 0 Å². The summed E-state index contributed by atoms with van der Waals surface area (Å²) in [5.74, 6) is 0. The van der Waals surface area contributed by atoms with E-state index in [4.69, 9.17) is 14.4 Å². The van der Waals surface area contributed by atoms with Crippen molar-refractivity contribution in [2.24, 2.45) is 0 Å². The van der Waals surface area contributed by atoms with Crippen LogP contribution in [0.5, 0.6) is 0 Å². The Hall–Kier alpha value is -7.36. The molecule has 0 fully saturated rings. The highest BCUT2D eigenvalue weighted by Gasteiger charge is 2.22. The smallest absolute Gasteiger partial charge is 0.143 e. The average molecular weight is 701 g/mol. The minimum Gasteiger partial charge on any atom is -0.455 e. The van der Waals surface area contributed by atoms with E-state index in [1.54, 1.807) is 0 Å². The van der Waals surface area contributed by atoms with Crippen LogP contribution in [0.1, 0.15) is 0 Å². The highest BCUT2D eigenvalue weighted by Crippen LogP contribution is 2.48. The van der Waals surface area contributed by atoms with Crippen molar-refractivity contribution in [3.05, 3.63) is 194 Å². The summed E-state index contributed by atoms with van der Waals surface area (Å²) in [7, 11) is 0. The Bertz CT molecular complexity index is 3200. The molecular weight excluding hydrogens is 669 g/mol. The van der Waals surface area contributed by atoms with Crippen LogP contribution < -0.4 is 0 Å². The fourth-order valence-corrected chi connectivity index (χ4v) is 8.42. The molecule has 0 atom stereocenters. The van der Waals surface area contributed by atoms with Gasteiger partial charge >= 0.3 is 0 Å². The van der Waals surface area contributed by atoms with Crippen molar-refractivity contribution in [3.8, 4) is 55.9 Å². The van der Waals surface area contributed by atoms with Gasteiger partial charge in [0.15, 0.2) is 0 Å². The van der Waals surface area contributed by atoms with E-state index in [9.17, 15) is 0 Å². The molecule has 11 rings (SSSR count). The third-order valence-electron chi connectivity index (χ3n) is 10.9. The number of para-hydroxylation sites is 4. The second-order valence-corrected chi connectivity index (χ2v) is 14.0. The molecule has 3 nitrogen and oxygen atoms in total. The van der Waals surface area contributed by atoms with Gasteiger partial charge in [0.05, 0.1) is 22.4 Å². The standard InChI is InChI=1S/C52H32N2O/c1-3-16-33(17-4-1)44-32-35(30-31-41(44)51-50(34-18-5-2-6-19-34)53-45-27-12-13-28-46(45)54-51)48-37-21-7-9-23-39(37)49(40-24-10-8-22-38(40)48)43-26-15-25-42-36-20-11-14-29-47(36)55-52(42)43/h1-32H. The van der Waals surface area contributed by atoms with Crippen LogP contribution >= 0.6 is 0 Å². The van der Waals surface area contributed by atoms with Gasteiger partial charge < -0.3 is 4.42 Å². The summed E-state index contributed by atoms with van der Waals surface area (Å²) in [5.41, 5.74) is 14.2. The molecule has 2 aromatic heterocycles. The SMILES string of the molecule is c1ccc(-c2cc(-c3c4ccccc4c(-c4cccc5c4oc4ccccc45)c4ccccc34)ccc2-c2nc3ccccc3nc2-c2ccccc2)cc1. The second kappa shape index (κ2) is 12.6. The molecule has 55 heavy (non-hydrogen) atoms. The van der Waals surface area contributed by atoms with Crippen molar-refractivity contribution in [3.63, 3.8) is 0 Å². The van der Waals surface area contributed by atoms with Crippen molar-refractivity contribution >= 4 is 54.5 Å². The fourth-order valence-electron chi connectivity index (χ4n) is 8.42. The first-order valence-corrected chi connectivity index (χ1v) is 18.7. The highest BCUT2D eigenvalue weighted by atomic mass is 16.3. The van der Waals surface area contributed by atoms with Crippen molar-refractivity contribution in [2.45, 2.75) is 0 Å². The van der Waals surface area contributed by atoms with Gasteiger partial charge in [-0.15, -0.1) is 0 Å². The molecule has 3 heteroatoms. The van der Waals surface area contributed by atoms with Crippen LogP contribution in [-0.2, 0) is 0 Å². The third-order valence-corrected chi connectivity index (χ3v) is 10.9. The summed E-state index contributed by atoms with van der Waals surface area (Å²) in [6.07, 6.45) is 0. The maximum atomic E-state index is 6.63. The van der Waals surface area contributed by atoms with E-state index >= 15 is 0 Å². The number of hydrogen-bond donors (Lipinski definition) is 0. The molecule has 0 unspecified atom stereocenters. The molecule has 0 aliphatic heterocycles. The van der Waals surface area contributed by atoms with Gasteiger partial charge in [0, 0.05) is 33.0 Å². The number of hydrogen-bond acceptors (Lipinski definition) is 3. The lowest BCUT2D eigenvalue weighted by Gasteiger charge is -2.20. The van der Waals surface area contributed by atoms with Crippen molar-refractivity contribution in [1.82, 2.24) is 9.97 Å². The molecule has 256 valence electrons. The quantitative estimate of drug-likeness (QED) is 0.168. The molecule has 0 aliphatic carbocycles. The Morgan fingerprint density at radius 3 is 1.51 bits per heavy atom. The van der Waals surface area contributed by atoms with Gasteiger partial charge in [-0.2, -0.15) is 0 Å². The predicted molar refractivity (Wildman–Crippen MR) is 229 cm³/mol. The van der Waals surface area contributed by atoms with E-state index in [0.29, 0.717) is 0 Å². The van der Waals surface area contributed by atoms with Gasteiger partial charge in [0.25, 0.3) is 0 Å². The first-order chi connectivity index (χ1) is 27.3. The fraction of sp³-hybridized carbons (Fsp3) is 0. The monoisotopic (exact) mass is 700 g/mol. The van der Waals surface area contributed by atoms with Crippen LogP contribution in [0.4, 0.5) is 0 Å². The molecule has 0 amide bonds. The normalized spacial score (nSPS) is 11.6. The van der Waals surface area contributed by atoms with E-state index in [2.05, 4.69) is 158 Å². The largest absolute Gasteiger partial charge is 0.455 e. The van der Waals surface area contributed by atoms with Crippen LogP contribution in [0.25, 0.3) is 110 Å². The highest BCUT2D eigenvalue weighted by molar-refractivity contribution is 6.24. The molecule has 0 saturated heterocycles. The van der Waals surface area contributed by atoms with Crippen LogP contribution in [0.2, 0.25) is 0 Å². The van der Waals surface area contributed by atoms with Gasteiger partial charge in [-0.05, 0) is 68.1 Å². The molecule has 0 bridgehead atoms. The van der Waals surface area contributed by atoms with Crippen LogP contribution in [-0.4, -0.2) is 9.97 Å². The Kier molecular flexibility index (Phi) is 7.17. The van der Waals surface area contributed by atoms with E-state index in [1.165, 1.54) is 32.7 Å². The first-order valence-electron chi connectivity index (χ1n) is 18.7. The maximum absolute atomic E-state index is 6.63. The Balaban J connectivity index is 1.20. The molecule has 0 spiro atoms. The Labute approximate surface area is 317 Å². The van der Waals surface area contributed by atoms with Gasteiger partial charge in [-0.1, -0.05) is 170 Å². The average Bonchev–Trinajstić information content (AvgIpc) is 3.65. The second-order valence-electron chi connectivity index (χ2n) is 14.0. The number of benzene rings is 9. The summed E-state index contributed by atoms with van der Waals surface area (Å²) in [6.45, 7) is 0. The Morgan fingerprint density at radius 1 is 0.309 bits per heavy atom. The summed E-state index contributed by atoms with van der Waals surface area (Å²) < 4.78 is 6.63. The van der Waals surface area contributed by atoms with E-state index in [0.717, 1.165) is 77.7 Å². The minimum absolute atomic E-state index is 0.860. The molecule has 0 aliphatic rings. The zero-order valence-electron chi connectivity index (χ0n) is 29.8. The molecular formula is C52H32N2O. The van der Waals surface area contributed by atoms with E-state index in [-0.39, 0.29) is 0 Å². The van der Waals surface area contributed by atoms with Crippen molar-refractivity contribution in [2.75, 3.05) is 0 Å². The summed E-state index contributed by atoms with van der Waals surface area (Å²) in [5, 5.41) is 6.99. The Morgan fingerprint density at radius 2 is 0.836 bits per heavy atom. The molecule has 0 radical (unpaired) electrons. The lowest BCUT2D eigenvalue weighted by molar-refractivity contribution is 0.670. The zero-order chi connectivity index (χ0) is 36.3.